The van der Waals surface area contributed by atoms with Crippen molar-refractivity contribution in [2.75, 3.05) is 6.54 Å². The zero-order valence-electron chi connectivity index (χ0n) is 12.0. The minimum atomic E-state index is -4.57. The first-order chi connectivity index (χ1) is 10.8. The number of rotatable bonds is 3. The van der Waals surface area contributed by atoms with E-state index < -0.39 is 21.8 Å². The molecule has 0 saturated carbocycles. The summed E-state index contributed by atoms with van der Waals surface area (Å²) in [5, 5.41) is 1.86. The van der Waals surface area contributed by atoms with Gasteiger partial charge < -0.3 is 0 Å². The second kappa shape index (κ2) is 5.92. The fraction of sp³-hybridized carbons (Fsp3) is 0.333. The van der Waals surface area contributed by atoms with E-state index in [1.54, 1.807) is 0 Å². The fourth-order valence-corrected chi connectivity index (χ4v) is 5.42. The lowest BCUT2D eigenvalue weighted by molar-refractivity contribution is -0.137. The molecule has 0 N–H and O–H groups in total. The number of nitrogens with zero attached hydrogens (tertiary/aromatic N) is 1. The van der Waals surface area contributed by atoms with Gasteiger partial charge in [0, 0.05) is 11.4 Å². The third kappa shape index (κ3) is 3.15. The summed E-state index contributed by atoms with van der Waals surface area (Å²) in [7, 11) is -3.96. The third-order valence-corrected chi connectivity index (χ3v) is 6.72. The summed E-state index contributed by atoms with van der Waals surface area (Å²) in [5.74, 6) is 0. The van der Waals surface area contributed by atoms with Crippen molar-refractivity contribution in [3.8, 4) is 0 Å². The van der Waals surface area contributed by atoms with Gasteiger partial charge in [-0.25, -0.2) is 8.42 Å². The van der Waals surface area contributed by atoms with Gasteiger partial charge in [0.05, 0.1) is 16.5 Å². The molecule has 3 nitrogen and oxygen atoms in total. The lowest BCUT2D eigenvalue weighted by atomic mass is 10.2. The molecule has 1 aromatic heterocycles. The number of sulfonamides is 1. The molecule has 2 aromatic rings. The standard InChI is InChI=1S/C15H14F3NO2S2/c16-15(17,18)11-4-1-5-12(10-11)23(20,21)19-8-2-6-13(19)14-7-3-9-22-14/h1,3-5,7,9-10,13H,2,6,8H2. The van der Waals surface area contributed by atoms with Crippen molar-refractivity contribution in [1.82, 2.24) is 4.31 Å². The molecular weight excluding hydrogens is 347 g/mol. The van der Waals surface area contributed by atoms with Crippen LogP contribution in [-0.4, -0.2) is 19.3 Å². The highest BCUT2D eigenvalue weighted by Crippen LogP contribution is 2.39. The van der Waals surface area contributed by atoms with Gasteiger partial charge in [0.15, 0.2) is 0 Å². The smallest absolute Gasteiger partial charge is 0.207 e. The zero-order valence-corrected chi connectivity index (χ0v) is 13.6. The van der Waals surface area contributed by atoms with Crippen molar-refractivity contribution in [3.05, 3.63) is 52.2 Å². The van der Waals surface area contributed by atoms with Crippen LogP contribution in [0.2, 0.25) is 0 Å². The molecule has 1 fully saturated rings. The number of hydrogen-bond donors (Lipinski definition) is 0. The highest BCUT2D eigenvalue weighted by Gasteiger charge is 2.38. The normalized spacial score (nSPS) is 20.0. The second-order valence-corrected chi connectivity index (χ2v) is 8.18. The Bertz CT molecular complexity index is 785. The molecule has 3 rings (SSSR count). The van der Waals surface area contributed by atoms with Crippen LogP contribution in [0.5, 0.6) is 0 Å². The second-order valence-electron chi connectivity index (χ2n) is 5.31. The molecule has 0 amide bonds. The molecule has 124 valence electrons. The monoisotopic (exact) mass is 361 g/mol. The summed E-state index contributed by atoms with van der Waals surface area (Å²) < 4.78 is 65.4. The van der Waals surface area contributed by atoms with E-state index in [1.807, 2.05) is 17.5 Å². The van der Waals surface area contributed by atoms with E-state index in [2.05, 4.69) is 0 Å². The van der Waals surface area contributed by atoms with E-state index in [9.17, 15) is 21.6 Å². The number of alkyl halides is 3. The Kier molecular flexibility index (Phi) is 4.24. The first kappa shape index (κ1) is 16.5. The zero-order chi connectivity index (χ0) is 16.7. The van der Waals surface area contributed by atoms with E-state index in [4.69, 9.17) is 0 Å². The molecule has 1 aliphatic rings. The molecule has 0 radical (unpaired) electrons. The fourth-order valence-electron chi connectivity index (χ4n) is 2.76. The van der Waals surface area contributed by atoms with E-state index in [0.29, 0.717) is 25.5 Å². The van der Waals surface area contributed by atoms with E-state index >= 15 is 0 Å². The van der Waals surface area contributed by atoms with Gasteiger partial charge in [-0.15, -0.1) is 11.3 Å². The Morgan fingerprint density at radius 3 is 2.61 bits per heavy atom. The first-order valence-corrected chi connectivity index (χ1v) is 9.34. The summed E-state index contributed by atoms with van der Waals surface area (Å²) in [4.78, 5) is 0.605. The molecule has 2 heterocycles. The van der Waals surface area contributed by atoms with Crippen LogP contribution in [-0.2, 0) is 16.2 Å². The van der Waals surface area contributed by atoms with Gasteiger partial charge in [-0.1, -0.05) is 12.1 Å². The first-order valence-electron chi connectivity index (χ1n) is 7.02. The molecule has 1 aliphatic heterocycles. The van der Waals surface area contributed by atoms with Crippen LogP contribution in [0.4, 0.5) is 13.2 Å². The lowest BCUT2D eigenvalue weighted by Gasteiger charge is -2.23. The molecule has 1 saturated heterocycles. The van der Waals surface area contributed by atoms with Crippen LogP contribution in [0.15, 0.2) is 46.7 Å². The average molecular weight is 361 g/mol. The highest BCUT2D eigenvalue weighted by atomic mass is 32.2. The lowest BCUT2D eigenvalue weighted by Crippen LogP contribution is -2.30. The largest absolute Gasteiger partial charge is 0.416 e. The summed E-state index contributed by atoms with van der Waals surface area (Å²) in [5.41, 5.74) is -0.953. The van der Waals surface area contributed by atoms with E-state index in [-0.39, 0.29) is 10.9 Å². The minimum Gasteiger partial charge on any atom is -0.207 e. The number of benzene rings is 1. The van der Waals surface area contributed by atoms with Crippen molar-refractivity contribution in [2.24, 2.45) is 0 Å². The summed E-state index contributed by atoms with van der Waals surface area (Å²) in [6, 6.07) is 7.33. The van der Waals surface area contributed by atoms with Crippen molar-refractivity contribution >= 4 is 21.4 Å². The van der Waals surface area contributed by atoms with Crippen LogP contribution in [0, 0.1) is 0 Å². The predicted octanol–water partition coefficient (Wildman–Crippen LogP) is 4.29. The molecular formula is C15H14F3NO2S2. The average Bonchev–Trinajstić information content (AvgIpc) is 3.17. The van der Waals surface area contributed by atoms with Gasteiger partial charge >= 0.3 is 6.18 Å². The molecule has 23 heavy (non-hydrogen) atoms. The van der Waals surface area contributed by atoms with Crippen molar-refractivity contribution < 1.29 is 21.6 Å². The predicted molar refractivity (Wildman–Crippen MR) is 81.6 cm³/mol. The van der Waals surface area contributed by atoms with Gasteiger partial charge in [-0.2, -0.15) is 17.5 Å². The molecule has 0 aliphatic carbocycles. The Labute approximate surface area is 136 Å². The van der Waals surface area contributed by atoms with Gasteiger partial charge in [0.1, 0.15) is 0 Å². The Hall–Kier alpha value is -1.38. The van der Waals surface area contributed by atoms with Crippen LogP contribution in [0.3, 0.4) is 0 Å². The summed E-state index contributed by atoms with van der Waals surface area (Å²) in [6.07, 6.45) is -3.19. The Morgan fingerprint density at radius 1 is 1.17 bits per heavy atom. The Balaban J connectivity index is 1.98. The summed E-state index contributed by atoms with van der Waals surface area (Å²) in [6.45, 7) is 0.321. The number of halogens is 3. The van der Waals surface area contributed by atoms with E-state index in [1.165, 1.54) is 21.7 Å². The van der Waals surface area contributed by atoms with Crippen LogP contribution in [0.1, 0.15) is 29.3 Å². The van der Waals surface area contributed by atoms with Gasteiger partial charge in [0.25, 0.3) is 0 Å². The van der Waals surface area contributed by atoms with Crippen LogP contribution >= 0.6 is 11.3 Å². The van der Waals surface area contributed by atoms with Crippen LogP contribution < -0.4 is 0 Å². The molecule has 1 unspecified atom stereocenters. The van der Waals surface area contributed by atoms with Gasteiger partial charge in [0.2, 0.25) is 10.0 Å². The topological polar surface area (TPSA) is 37.4 Å². The summed E-state index contributed by atoms with van der Waals surface area (Å²) >= 11 is 1.46. The molecule has 0 spiro atoms. The molecule has 8 heteroatoms. The minimum absolute atomic E-state index is 0.297. The van der Waals surface area contributed by atoms with Crippen LogP contribution in [0.25, 0.3) is 0 Å². The maximum Gasteiger partial charge on any atom is 0.416 e. The Morgan fingerprint density at radius 2 is 1.96 bits per heavy atom. The van der Waals surface area contributed by atoms with Crippen molar-refractivity contribution in [2.45, 2.75) is 30.0 Å². The maximum atomic E-state index is 12.8. The quantitative estimate of drug-likeness (QED) is 0.818. The highest BCUT2D eigenvalue weighted by molar-refractivity contribution is 7.89. The number of hydrogen-bond acceptors (Lipinski definition) is 3. The van der Waals surface area contributed by atoms with Crippen molar-refractivity contribution in [1.29, 1.82) is 0 Å². The molecule has 1 atom stereocenters. The third-order valence-electron chi connectivity index (χ3n) is 3.84. The van der Waals surface area contributed by atoms with Crippen molar-refractivity contribution in [3.63, 3.8) is 0 Å². The maximum absolute atomic E-state index is 12.8. The molecule has 1 aromatic carbocycles. The van der Waals surface area contributed by atoms with E-state index in [0.717, 1.165) is 17.0 Å². The SMILES string of the molecule is O=S(=O)(c1cccc(C(F)(F)F)c1)N1CCCC1c1cccs1. The number of thiophene rings is 1. The van der Waals surface area contributed by atoms with Gasteiger partial charge in [-0.3, -0.25) is 0 Å². The van der Waals surface area contributed by atoms with Gasteiger partial charge in [-0.05, 0) is 42.5 Å². The molecule has 0 bridgehead atoms.